The number of phosphoric ester groups is 1. The zero-order valence-corrected chi connectivity index (χ0v) is 25.4. The second-order valence-electron chi connectivity index (χ2n) is 10.3. The highest BCUT2D eigenvalue weighted by Crippen LogP contribution is 2.38. The van der Waals surface area contributed by atoms with E-state index in [2.05, 4.69) is 92.8 Å². The monoisotopic (exact) mass is 502 g/mol. The van der Waals surface area contributed by atoms with Gasteiger partial charge >= 0.3 is 7.82 Å². The number of hydrogen-bond donors (Lipinski definition) is 2. The molecule has 0 aliphatic carbocycles. The maximum absolute atomic E-state index is 10.4. The predicted octanol–water partition coefficient (Wildman–Crippen LogP) is 9.93. The minimum atomic E-state index is -4.29. The fourth-order valence-electron chi connectivity index (χ4n) is 2.42. The van der Waals surface area contributed by atoms with Crippen LogP contribution in [0.15, 0.2) is 48.6 Å². The van der Waals surface area contributed by atoms with Crippen molar-refractivity contribution < 1.29 is 18.9 Å². The first-order valence-corrected chi connectivity index (χ1v) is 14.4. The summed E-state index contributed by atoms with van der Waals surface area (Å²) in [7, 11) is -4.29. The highest BCUT2D eigenvalue weighted by molar-refractivity contribution is 7.46. The third-order valence-corrected chi connectivity index (χ3v) is 4.58. The van der Waals surface area contributed by atoms with Gasteiger partial charge in [0.1, 0.15) is 0 Å². The van der Waals surface area contributed by atoms with Crippen LogP contribution in [0.3, 0.4) is 0 Å². The SMILES string of the molecule is C/C=C/C(C)C.CC(C)CC(C)(C)CCOP(=O)(O)O.CCC.CCC(C)C.c1ccccc1. The maximum atomic E-state index is 10.4. The van der Waals surface area contributed by atoms with Crippen LogP contribution < -0.4 is 0 Å². The van der Waals surface area contributed by atoms with Crippen molar-refractivity contribution in [2.24, 2.45) is 23.2 Å². The Morgan fingerprint density at radius 3 is 1.38 bits per heavy atom. The molecule has 34 heavy (non-hydrogen) atoms. The van der Waals surface area contributed by atoms with Crippen LogP contribution in [-0.4, -0.2) is 16.4 Å². The van der Waals surface area contributed by atoms with Gasteiger partial charge in [-0.2, -0.15) is 0 Å². The molecule has 0 unspecified atom stereocenters. The van der Waals surface area contributed by atoms with E-state index in [1.807, 2.05) is 43.3 Å². The fraction of sp³-hybridized carbons (Fsp3) is 0.724. The Labute approximate surface area is 213 Å². The lowest BCUT2D eigenvalue weighted by Crippen LogP contribution is -2.16. The highest BCUT2D eigenvalue weighted by atomic mass is 31.2. The first-order chi connectivity index (χ1) is 15.6. The molecular weight excluding hydrogens is 443 g/mol. The number of hydrogen-bond acceptors (Lipinski definition) is 2. The molecule has 0 aliphatic heterocycles. The van der Waals surface area contributed by atoms with Gasteiger partial charge in [-0.15, -0.1) is 0 Å². The summed E-state index contributed by atoms with van der Waals surface area (Å²) in [4.78, 5) is 17.0. The molecule has 0 fully saturated rings. The summed E-state index contributed by atoms with van der Waals surface area (Å²) in [6.07, 6.45) is 8.48. The van der Waals surface area contributed by atoms with Crippen LogP contribution in [0.5, 0.6) is 0 Å². The smallest absolute Gasteiger partial charge is 0.303 e. The van der Waals surface area contributed by atoms with Crippen molar-refractivity contribution in [3.63, 3.8) is 0 Å². The zero-order chi connectivity index (χ0) is 27.6. The Bertz CT molecular complexity index is 534. The van der Waals surface area contributed by atoms with Gasteiger partial charge in [0.05, 0.1) is 6.61 Å². The molecular formula is C29H59O4P. The summed E-state index contributed by atoms with van der Waals surface area (Å²) in [5.74, 6) is 2.19. The van der Waals surface area contributed by atoms with Gasteiger partial charge in [-0.05, 0) is 42.9 Å². The highest BCUT2D eigenvalue weighted by Gasteiger charge is 2.21. The van der Waals surface area contributed by atoms with Gasteiger partial charge in [0, 0.05) is 0 Å². The maximum Gasteiger partial charge on any atom is 0.469 e. The molecule has 0 atom stereocenters. The molecule has 204 valence electrons. The Hall–Kier alpha value is -0.930. The van der Waals surface area contributed by atoms with E-state index in [-0.39, 0.29) is 12.0 Å². The first kappa shape index (κ1) is 40.2. The molecule has 0 bridgehead atoms. The summed E-state index contributed by atoms with van der Waals surface area (Å²) in [5, 5.41) is 0. The van der Waals surface area contributed by atoms with Gasteiger partial charge < -0.3 is 9.79 Å². The fourth-order valence-corrected chi connectivity index (χ4v) is 2.75. The van der Waals surface area contributed by atoms with Crippen LogP contribution in [0, 0.1) is 23.2 Å². The Morgan fingerprint density at radius 2 is 1.21 bits per heavy atom. The molecule has 1 rings (SSSR count). The van der Waals surface area contributed by atoms with Crippen LogP contribution in [0.2, 0.25) is 0 Å². The van der Waals surface area contributed by atoms with Crippen molar-refractivity contribution in [3.05, 3.63) is 48.6 Å². The average Bonchev–Trinajstić information content (AvgIpc) is 2.69. The van der Waals surface area contributed by atoms with E-state index in [1.165, 1.54) is 12.8 Å². The topological polar surface area (TPSA) is 66.8 Å². The van der Waals surface area contributed by atoms with E-state index in [0.717, 1.165) is 18.3 Å². The first-order valence-electron chi connectivity index (χ1n) is 12.9. The zero-order valence-electron chi connectivity index (χ0n) is 24.5. The summed E-state index contributed by atoms with van der Waals surface area (Å²) in [5.41, 5.74) is 0.0728. The molecule has 4 nitrogen and oxygen atoms in total. The van der Waals surface area contributed by atoms with Crippen molar-refractivity contribution in [2.75, 3.05) is 6.61 Å². The second kappa shape index (κ2) is 26.7. The number of allylic oxidation sites excluding steroid dienone is 2. The number of rotatable bonds is 8. The average molecular weight is 503 g/mol. The van der Waals surface area contributed by atoms with Crippen LogP contribution in [-0.2, 0) is 9.09 Å². The van der Waals surface area contributed by atoms with Gasteiger partial charge in [-0.1, -0.05) is 138 Å². The van der Waals surface area contributed by atoms with Gasteiger partial charge in [0.25, 0.3) is 0 Å². The van der Waals surface area contributed by atoms with E-state index in [1.54, 1.807) is 0 Å². The largest absolute Gasteiger partial charge is 0.469 e. The van der Waals surface area contributed by atoms with E-state index in [0.29, 0.717) is 12.3 Å². The molecule has 0 heterocycles. The van der Waals surface area contributed by atoms with Crippen molar-refractivity contribution >= 4 is 7.82 Å². The lowest BCUT2D eigenvalue weighted by molar-refractivity contribution is 0.155. The molecule has 0 spiro atoms. The third-order valence-electron chi connectivity index (χ3n) is 4.06. The molecule has 0 radical (unpaired) electrons. The van der Waals surface area contributed by atoms with E-state index in [4.69, 9.17) is 9.79 Å². The van der Waals surface area contributed by atoms with Gasteiger partial charge in [-0.3, -0.25) is 4.52 Å². The summed E-state index contributed by atoms with van der Waals surface area (Å²) in [6, 6.07) is 12.0. The van der Waals surface area contributed by atoms with Crippen molar-refractivity contribution in [2.45, 2.75) is 109 Å². The Morgan fingerprint density at radius 1 is 0.853 bits per heavy atom. The minimum Gasteiger partial charge on any atom is -0.303 e. The number of benzene rings is 1. The Balaban J connectivity index is -0.000000187. The second-order valence-corrected chi connectivity index (χ2v) is 11.5. The molecule has 0 saturated carbocycles. The molecule has 1 aromatic carbocycles. The van der Waals surface area contributed by atoms with Crippen molar-refractivity contribution in [3.8, 4) is 0 Å². The molecule has 2 N–H and O–H groups in total. The lowest BCUT2D eigenvalue weighted by Gasteiger charge is -2.26. The van der Waals surface area contributed by atoms with Crippen molar-refractivity contribution in [1.82, 2.24) is 0 Å². The van der Waals surface area contributed by atoms with Crippen LogP contribution in [0.1, 0.15) is 109 Å². The van der Waals surface area contributed by atoms with E-state index >= 15 is 0 Å². The van der Waals surface area contributed by atoms with Crippen LogP contribution in [0.25, 0.3) is 0 Å². The van der Waals surface area contributed by atoms with E-state index < -0.39 is 7.82 Å². The quantitative estimate of drug-likeness (QED) is 0.274. The molecule has 1 aromatic rings. The van der Waals surface area contributed by atoms with Crippen LogP contribution >= 0.6 is 7.82 Å². The molecule has 5 heteroatoms. The van der Waals surface area contributed by atoms with Gasteiger partial charge in [-0.25, -0.2) is 4.57 Å². The molecule has 0 amide bonds. The molecule has 0 aromatic heterocycles. The molecule has 0 saturated heterocycles. The van der Waals surface area contributed by atoms with Crippen molar-refractivity contribution in [1.29, 1.82) is 0 Å². The summed E-state index contributed by atoms with van der Waals surface area (Å²) >= 11 is 0. The minimum absolute atomic E-state index is 0.0728. The third kappa shape index (κ3) is 52.8. The summed E-state index contributed by atoms with van der Waals surface area (Å²) < 4.78 is 14.8. The van der Waals surface area contributed by atoms with E-state index in [9.17, 15) is 4.57 Å². The predicted molar refractivity (Wildman–Crippen MR) is 153 cm³/mol. The Kier molecular flexibility index (Phi) is 31.6. The molecule has 0 aliphatic rings. The van der Waals surface area contributed by atoms with Gasteiger partial charge in [0.15, 0.2) is 0 Å². The summed E-state index contributed by atoms with van der Waals surface area (Å²) in [6.45, 7) is 25.8. The number of phosphoric acid groups is 1. The van der Waals surface area contributed by atoms with Gasteiger partial charge in [0.2, 0.25) is 0 Å². The lowest BCUT2D eigenvalue weighted by atomic mass is 9.81. The standard InChI is InChI=1S/C9H21O4P.C6H6.C6H12.C5H12.C3H8/c1-8(2)7-9(3,4)5-6-13-14(10,11)12;1-2-4-6-5-3-1;1-4-5-6(2)3;1-4-5(2)3;1-3-2/h8H,5-7H2,1-4H3,(H2,10,11,12);1-6H;4-6H,1-3H3;5H,4H2,1-3H3;3H2,1-2H3/b;;5-4+;;. The normalized spacial score (nSPS) is 11.0. The van der Waals surface area contributed by atoms with Crippen LogP contribution in [0.4, 0.5) is 0 Å².